The second-order valence-corrected chi connectivity index (χ2v) is 5.91. The molecule has 22 heavy (non-hydrogen) atoms. The SMILES string of the molecule is C=C(C)/C=C(/CC)C1=C(C)C(C)Oc2c(C)nn(C)c(=O)c21. The summed E-state index contributed by atoms with van der Waals surface area (Å²) in [6.45, 7) is 13.9. The number of ether oxygens (including phenoxy) is 1. The van der Waals surface area contributed by atoms with Gasteiger partial charge in [-0.05, 0) is 50.8 Å². The molecule has 1 aliphatic rings. The van der Waals surface area contributed by atoms with Crippen LogP contribution < -0.4 is 10.3 Å². The molecule has 0 aliphatic carbocycles. The Hall–Kier alpha value is -2.10. The molecule has 0 fully saturated rings. The van der Waals surface area contributed by atoms with E-state index in [-0.39, 0.29) is 11.7 Å². The monoisotopic (exact) mass is 300 g/mol. The molecule has 0 bridgehead atoms. The van der Waals surface area contributed by atoms with Gasteiger partial charge in [-0.15, -0.1) is 0 Å². The first kappa shape index (κ1) is 16.3. The van der Waals surface area contributed by atoms with E-state index in [9.17, 15) is 4.79 Å². The average molecular weight is 300 g/mol. The van der Waals surface area contributed by atoms with Crippen molar-refractivity contribution in [2.75, 3.05) is 0 Å². The third kappa shape index (κ3) is 2.65. The van der Waals surface area contributed by atoms with Crippen LogP contribution in [0.5, 0.6) is 5.75 Å². The van der Waals surface area contributed by atoms with E-state index in [1.54, 1.807) is 7.05 Å². The summed E-state index contributed by atoms with van der Waals surface area (Å²) in [7, 11) is 1.68. The number of aromatic nitrogens is 2. The van der Waals surface area contributed by atoms with Gasteiger partial charge in [-0.1, -0.05) is 25.2 Å². The molecular formula is C18H24N2O2. The number of rotatable bonds is 3. The Labute approximate surface area is 131 Å². The van der Waals surface area contributed by atoms with Crippen molar-refractivity contribution in [3.8, 4) is 5.75 Å². The maximum atomic E-state index is 12.7. The van der Waals surface area contributed by atoms with Gasteiger partial charge in [0.2, 0.25) is 0 Å². The molecule has 1 aromatic rings. The van der Waals surface area contributed by atoms with Gasteiger partial charge in [0, 0.05) is 7.05 Å². The maximum absolute atomic E-state index is 12.7. The minimum Gasteiger partial charge on any atom is -0.484 e. The zero-order valence-corrected chi connectivity index (χ0v) is 14.3. The molecule has 2 heterocycles. The molecule has 0 amide bonds. The highest BCUT2D eigenvalue weighted by molar-refractivity contribution is 5.86. The summed E-state index contributed by atoms with van der Waals surface area (Å²) >= 11 is 0. The zero-order valence-electron chi connectivity index (χ0n) is 14.3. The Morgan fingerprint density at radius 3 is 2.64 bits per heavy atom. The van der Waals surface area contributed by atoms with E-state index in [2.05, 4.69) is 24.7 Å². The summed E-state index contributed by atoms with van der Waals surface area (Å²) in [5.41, 5.74) is 5.39. The van der Waals surface area contributed by atoms with Gasteiger partial charge in [-0.2, -0.15) is 5.10 Å². The van der Waals surface area contributed by atoms with Crippen LogP contribution in [0, 0.1) is 6.92 Å². The van der Waals surface area contributed by atoms with Crippen molar-refractivity contribution in [1.82, 2.24) is 9.78 Å². The fourth-order valence-electron chi connectivity index (χ4n) is 2.85. The van der Waals surface area contributed by atoms with E-state index >= 15 is 0 Å². The van der Waals surface area contributed by atoms with Gasteiger partial charge >= 0.3 is 0 Å². The summed E-state index contributed by atoms with van der Waals surface area (Å²) < 4.78 is 7.34. The Kier molecular flexibility index (Phi) is 4.40. The van der Waals surface area contributed by atoms with Crippen molar-refractivity contribution in [3.05, 3.63) is 51.0 Å². The lowest BCUT2D eigenvalue weighted by Crippen LogP contribution is -2.31. The third-order valence-corrected chi connectivity index (χ3v) is 4.03. The largest absolute Gasteiger partial charge is 0.484 e. The molecule has 0 spiro atoms. The van der Waals surface area contributed by atoms with E-state index in [1.807, 2.05) is 27.7 Å². The Balaban J connectivity index is 2.87. The highest BCUT2D eigenvalue weighted by atomic mass is 16.5. The van der Waals surface area contributed by atoms with E-state index in [1.165, 1.54) is 4.68 Å². The molecule has 0 N–H and O–H groups in total. The quantitative estimate of drug-likeness (QED) is 0.802. The van der Waals surface area contributed by atoms with Crippen LogP contribution in [-0.2, 0) is 7.05 Å². The van der Waals surface area contributed by atoms with Crippen molar-refractivity contribution < 1.29 is 4.74 Å². The van der Waals surface area contributed by atoms with Gasteiger partial charge in [-0.3, -0.25) is 4.79 Å². The van der Waals surface area contributed by atoms with Crippen molar-refractivity contribution in [1.29, 1.82) is 0 Å². The van der Waals surface area contributed by atoms with Crippen LogP contribution in [0.4, 0.5) is 0 Å². The second kappa shape index (κ2) is 5.95. The molecule has 0 radical (unpaired) electrons. The summed E-state index contributed by atoms with van der Waals surface area (Å²) in [6, 6.07) is 0. The van der Waals surface area contributed by atoms with E-state index in [0.717, 1.165) is 34.4 Å². The van der Waals surface area contributed by atoms with Gasteiger partial charge in [-0.25, -0.2) is 4.68 Å². The van der Waals surface area contributed by atoms with Crippen molar-refractivity contribution in [2.45, 2.75) is 47.1 Å². The van der Waals surface area contributed by atoms with Crippen LogP contribution in [0.15, 0.2) is 34.2 Å². The highest BCUT2D eigenvalue weighted by Gasteiger charge is 2.30. The fraction of sp³-hybridized carbons (Fsp3) is 0.444. The maximum Gasteiger partial charge on any atom is 0.278 e. The third-order valence-electron chi connectivity index (χ3n) is 4.03. The van der Waals surface area contributed by atoms with Gasteiger partial charge in [0.1, 0.15) is 11.8 Å². The molecule has 1 unspecified atom stereocenters. The number of nitrogens with zero attached hydrogens (tertiary/aromatic N) is 2. The molecule has 1 aromatic heterocycles. The lowest BCUT2D eigenvalue weighted by Gasteiger charge is -2.29. The number of hydrogen-bond acceptors (Lipinski definition) is 3. The summed E-state index contributed by atoms with van der Waals surface area (Å²) in [4.78, 5) is 12.7. The number of aryl methyl sites for hydroxylation is 2. The zero-order chi connectivity index (χ0) is 16.6. The number of fused-ring (bicyclic) bond motifs is 1. The van der Waals surface area contributed by atoms with Crippen molar-refractivity contribution >= 4 is 5.57 Å². The molecule has 118 valence electrons. The van der Waals surface area contributed by atoms with Crippen LogP contribution in [0.25, 0.3) is 5.57 Å². The topological polar surface area (TPSA) is 44.1 Å². The summed E-state index contributed by atoms with van der Waals surface area (Å²) in [6.07, 6.45) is 2.81. The molecule has 1 aliphatic heterocycles. The highest BCUT2D eigenvalue weighted by Crippen LogP contribution is 2.40. The Bertz CT molecular complexity index is 751. The van der Waals surface area contributed by atoms with Crippen LogP contribution in [0.3, 0.4) is 0 Å². The Morgan fingerprint density at radius 1 is 1.45 bits per heavy atom. The van der Waals surface area contributed by atoms with Gasteiger partial charge < -0.3 is 4.74 Å². The summed E-state index contributed by atoms with van der Waals surface area (Å²) in [5.74, 6) is 0.609. The lowest BCUT2D eigenvalue weighted by molar-refractivity contribution is 0.247. The van der Waals surface area contributed by atoms with E-state index in [0.29, 0.717) is 11.3 Å². The van der Waals surface area contributed by atoms with Gasteiger partial charge in [0.25, 0.3) is 5.56 Å². The molecule has 0 saturated heterocycles. The Morgan fingerprint density at radius 2 is 2.09 bits per heavy atom. The van der Waals surface area contributed by atoms with E-state index < -0.39 is 0 Å². The molecule has 4 nitrogen and oxygen atoms in total. The van der Waals surface area contributed by atoms with Crippen LogP contribution >= 0.6 is 0 Å². The average Bonchev–Trinajstić information content (AvgIpc) is 2.44. The molecule has 2 rings (SSSR count). The molecule has 4 heteroatoms. The first-order valence-electron chi connectivity index (χ1n) is 7.60. The molecule has 0 aromatic carbocycles. The van der Waals surface area contributed by atoms with Crippen LogP contribution in [-0.4, -0.2) is 15.9 Å². The first-order chi connectivity index (χ1) is 10.3. The van der Waals surface area contributed by atoms with Gasteiger partial charge in [0.15, 0.2) is 5.75 Å². The lowest BCUT2D eigenvalue weighted by atomic mass is 9.87. The fourth-order valence-corrected chi connectivity index (χ4v) is 2.85. The van der Waals surface area contributed by atoms with Crippen molar-refractivity contribution in [2.24, 2.45) is 7.05 Å². The predicted molar refractivity (Wildman–Crippen MR) is 90.1 cm³/mol. The minimum absolute atomic E-state index is 0.0739. The first-order valence-corrected chi connectivity index (χ1v) is 7.60. The predicted octanol–water partition coefficient (Wildman–Crippen LogP) is 3.56. The van der Waals surface area contributed by atoms with Crippen molar-refractivity contribution in [3.63, 3.8) is 0 Å². The van der Waals surface area contributed by atoms with Crippen LogP contribution in [0.2, 0.25) is 0 Å². The van der Waals surface area contributed by atoms with Gasteiger partial charge in [0.05, 0.1) is 5.56 Å². The summed E-state index contributed by atoms with van der Waals surface area (Å²) in [5, 5.41) is 4.25. The molecular weight excluding hydrogens is 276 g/mol. The van der Waals surface area contributed by atoms with Crippen LogP contribution in [0.1, 0.15) is 45.4 Å². The standard InChI is InChI=1S/C18H24N2O2/c1-8-14(9-10(2)3)15-11(4)13(6)22-17-12(5)19-20(7)18(21)16(15)17/h9,13H,2,8H2,1,3-7H3/b14-9-. The smallest absolute Gasteiger partial charge is 0.278 e. The van der Waals surface area contributed by atoms with E-state index in [4.69, 9.17) is 4.74 Å². The number of hydrogen-bond donors (Lipinski definition) is 0. The minimum atomic E-state index is -0.122. The normalized spacial score (nSPS) is 18.1. The molecule has 1 atom stereocenters. The number of allylic oxidation sites excluding steroid dienone is 4. The molecule has 0 saturated carbocycles. The second-order valence-electron chi connectivity index (χ2n) is 5.91.